The van der Waals surface area contributed by atoms with Gasteiger partial charge in [0.2, 0.25) is 5.95 Å². The van der Waals surface area contributed by atoms with Crippen molar-refractivity contribution in [3.8, 4) is 5.75 Å². The van der Waals surface area contributed by atoms with E-state index in [0.29, 0.717) is 18.2 Å². The van der Waals surface area contributed by atoms with E-state index < -0.39 is 0 Å². The van der Waals surface area contributed by atoms with Crippen LogP contribution in [0.5, 0.6) is 5.75 Å². The summed E-state index contributed by atoms with van der Waals surface area (Å²) in [5.74, 6) is 1.72. The van der Waals surface area contributed by atoms with Crippen molar-refractivity contribution < 1.29 is 9.13 Å². The maximum atomic E-state index is 13.4. The normalized spacial score (nSPS) is 10.8. The molecule has 0 fully saturated rings. The third kappa shape index (κ3) is 4.46. The van der Waals surface area contributed by atoms with Crippen molar-refractivity contribution in [3.05, 3.63) is 77.9 Å². The summed E-state index contributed by atoms with van der Waals surface area (Å²) >= 11 is 0. The summed E-state index contributed by atoms with van der Waals surface area (Å²) in [5.41, 5.74) is 3.31. The Morgan fingerprint density at radius 3 is 2.63 bits per heavy atom. The summed E-state index contributed by atoms with van der Waals surface area (Å²) in [4.78, 5) is 15.2. The quantitative estimate of drug-likeness (QED) is 0.496. The lowest BCUT2D eigenvalue weighted by molar-refractivity contribution is 0.304. The number of nitrogens with one attached hydrogen (secondary N) is 1. The number of hydrogen-bond acceptors (Lipinski definition) is 6. The maximum Gasteiger partial charge on any atom is 0.227 e. The Hall–Kier alpha value is -3.74. The Morgan fingerprint density at radius 1 is 1.03 bits per heavy atom. The third-order valence-corrected chi connectivity index (χ3v) is 4.62. The predicted molar refractivity (Wildman–Crippen MR) is 117 cm³/mol. The molecule has 0 bridgehead atoms. The number of anilines is 3. The molecule has 0 saturated carbocycles. The van der Waals surface area contributed by atoms with Crippen LogP contribution in [0.4, 0.5) is 21.8 Å². The fourth-order valence-corrected chi connectivity index (χ4v) is 3.01. The number of aryl methyl sites for hydroxylation is 1. The molecule has 4 aromatic rings. The molecule has 0 aliphatic rings. The minimum Gasteiger partial charge on any atom is -0.488 e. The molecule has 7 heteroatoms. The van der Waals surface area contributed by atoms with E-state index in [-0.39, 0.29) is 5.82 Å². The zero-order valence-corrected chi connectivity index (χ0v) is 17.1. The van der Waals surface area contributed by atoms with E-state index in [1.165, 1.54) is 12.1 Å². The Balaban J connectivity index is 1.53. The molecule has 0 unspecified atom stereocenters. The summed E-state index contributed by atoms with van der Waals surface area (Å²) in [6, 6.07) is 14.0. The van der Waals surface area contributed by atoms with Gasteiger partial charge in [-0.25, -0.2) is 19.3 Å². The number of ether oxygens (including phenoxy) is 1. The number of fused-ring (bicyclic) bond motifs is 1. The molecule has 152 valence electrons. The number of hydrogen-bond donors (Lipinski definition) is 1. The van der Waals surface area contributed by atoms with Crippen LogP contribution in [0.1, 0.15) is 11.1 Å². The molecule has 6 nitrogen and oxygen atoms in total. The van der Waals surface area contributed by atoms with E-state index in [0.717, 1.165) is 33.6 Å². The largest absolute Gasteiger partial charge is 0.488 e. The van der Waals surface area contributed by atoms with Gasteiger partial charge in [0.1, 0.15) is 24.0 Å². The minimum atomic E-state index is -0.319. The van der Waals surface area contributed by atoms with Gasteiger partial charge in [-0.3, -0.25) is 0 Å². The molecule has 0 saturated heterocycles. The number of pyridine rings is 1. The molecule has 2 aromatic carbocycles. The van der Waals surface area contributed by atoms with Gasteiger partial charge in [-0.1, -0.05) is 12.1 Å². The van der Waals surface area contributed by atoms with Gasteiger partial charge in [-0.2, -0.15) is 0 Å². The molecule has 0 atom stereocenters. The Morgan fingerprint density at radius 2 is 1.90 bits per heavy atom. The van der Waals surface area contributed by atoms with Gasteiger partial charge < -0.3 is 15.0 Å². The smallest absolute Gasteiger partial charge is 0.227 e. The first-order valence-corrected chi connectivity index (χ1v) is 9.53. The van der Waals surface area contributed by atoms with E-state index in [4.69, 9.17) is 4.74 Å². The zero-order valence-electron chi connectivity index (χ0n) is 17.1. The van der Waals surface area contributed by atoms with Gasteiger partial charge in [0.25, 0.3) is 0 Å². The monoisotopic (exact) mass is 403 g/mol. The van der Waals surface area contributed by atoms with Crippen molar-refractivity contribution in [2.24, 2.45) is 0 Å². The van der Waals surface area contributed by atoms with Crippen LogP contribution in [-0.2, 0) is 6.61 Å². The Kier molecular flexibility index (Phi) is 5.43. The molecular formula is C23H22FN5O. The average molecular weight is 403 g/mol. The first-order chi connectivity index (χ1) is 14.5. The Bertz CT molecular complexity index is 1180. The van der Waals surface area contributed by atoms with Crippen LogP contribution in [0.15, 0.2) is 60.9 Å². The highest BCUT2D eigenvalue weighted by Gasteiger charge is 2.08. The van der Waals surface area contributed by atoms with Crippen molar-refractivity contribution in [2.75, 3.05) is 24.3 Å². The molecule has 0 spiro atoms. The number of aromatic nitrogens is 3. The van der Waals surface area contributed by atoms with Crippen molar-refractivity contribution >= 4 is 28.4 Å². The highest BCUT2D eigenvalue weighted by Crippen LogP contribution is 2.26. The molecule has 0 radical (unpaired) electrons. The van der Waals surface area contributed by atoms with Gasteiger partial charge in [0.15, 0.2) is 0 Å². The van der Waals surface area contributed by atoms with E-state index in [9.17, 15) is 4.39 Å². The van der Waals surface area contributed by atoms with Gasteiger partial charge >= 0.3 is 0 Å². The van der Waals surface area contributed by atoms with E-state index in [2.05, 4.69) is 20.3 Å². The van der Waals surface area contributed by atoms with Crippen LogP contribution in [0, 0.1) is 12.7 Å². The first-order valence-electron chi connectivity index (χ1n) is 9.53. The molecule has 0 aliphatic heterocycles. The van der Waals surface area contributed by atoms with Gasteiger partial charge in [-0.15, -0.1) is 0 Å². The molecule has 2 aromatic heterocycles. The van der Waals surface area contributed by atoms with Crippen LogP contribution in [0.25, 0.3) is 10.9 Å². The number of benzene rings is 2. The summed E-state index contributed by atoms with van der Waals surface area (Å²) in [6.45, 7) is 2.40. The number of nitrogens with zero attached hydrogens (tertiary/aromatic N) is 4. The predicted octanol–water partition coefficient (Wildman–Crippen LogP) is 4.86. The standard InChI is InChI=1S/C23H22FN5O/c1-15-9-17-13-26-23(27-19-6-4-5-18(24)10-19)28-20(17)11-21(15)30-14-16-7-8-22(25-12-16)29(2)3/h4-13H,14H2,1-3H3,(H,26,27,28). The van der Waals surface area contributed by atoms with Crippen LogP contribution in [0.3, 0.4) is 0 Å². The second-order valence-electron chi connectivity index (χ2n) is 7.21. The fourth-order valence-electron chi connectivity index (χ4n) is 3.01. The average Bonchev–Trinajstić information content (AvgIpc) is 2.73. The third-order valence-electron chi connectivity index (χ3n) is 4.62. The lowest BCUT2D eigenvalue weighted by atomic mass is 10.1. The second-order valence-corrected chi connectivity index (χ2v) is 7.21. The number of halogens is 1. The van der Waals surface area contributed by atoms with E-state index in [1.54, 1.807) is 18.3 Å². The highest BCUT2D eigenvalue weighted by atomic mass is 19.1. The van der Waals surface area contributed by atoms with Gasteiger partial charge in [0.05, 0.1) is 5.52 Å². The van der Waals surface area contributed by atoms with E-state index >= 15 is 0 Å². The molecule has 1 N–H and O–H groups in total. The second kappa shape index (κ2) is 8.32. The first kappa shape index (κ1) is 19.6. The van der Waals surface area contributed by atoms with Gasteiger partial charge in [-0.05, 0) is 42.8 Å². The summed E-state index contributed by atoms with van der Waals surface area (Å²) in [7, 11) is 3.91. The fraction of sp³-hybridized carbons (Fsp3) is 0.174. The summed E-state index contributed by atoms with van der Waals surface area (Å²) in [6.07, 6.45) is 3.56. The van der Waals surface area contributed by atoms with Crippen molar-refractivity contribution in [2.45, 2.75) is 13.5 Å². The molecule has 4 rings (SSSR count). The minimum absolute atomic E-state index is 0.319. The Labute approximate surface area is 174 Å². The van der Waals surface area contributed by atoms with Crippen LogP contribution in [0.2, 0.25) is 0 Å². The van der Waals surface area contributed by atoms with Crippen LogP contribution >= 0.6 is 0 Å². The zero-order chi connectivity index (χ0) is 21.1. The molecular weight excluding hydrogens is 381 g/mol. The molecule has 2 heterocycles. The highest BCUT2D eigenvalue weighted by molar-refractivity contribution is 5.81. The van der Waals surface area contributed by atoms with Crippen molar-refractivity contribution in [1.82, 2.24) is 15.0 Å². The topological polar surface area (TPSA) is 63.2 Å². The lowest BCUT2D eigenvalue weighted by Crippen LogP contribution is -2.10. The van der Waals surface area contributed by atoms with Crippen molar-refractivity contribution in [1.29, 1.82) is 0 Å². The van der Waals surface area contributed by atoms with Gasteiger partial charge in [0, 0.05) is 49.2 Å². The molecule has 30 heavy (non-hydrogen) atoms. The van der Waals surface area contributed by atoms with E-state index in [1.807, 2.05) is 56.4 Å². The SMILES string of the molecule is Cc1cc2cnc(Nc3cccc(F)c3)nc2cc1OCc1ccc(N(C)C)nc1. The van der Waals surface area contributed by atoms with Crippen molar-refractivity contribution in [3.63, 3.8) is 0 Å². The summed E-state index contributed by atoms with van der Waals surface area (Å²) < 4.78 is 19.4. The van der Waals surface area contributed by atoms with Crippen LogP contribution in [-0.4, -0.2) is 29.0 Å². The maximum absolute atomic E-state index is 13.4. The molecule has 0 amide bonds. The lowest BCUT2D eigenvalue weighted by Gasteiger charge is -2.13. The number of rotatable bonds is 6. The van der Waals surface area contributed by atoms with Crippen LogP contribution < -0.4 is 15.0 Å². The summed E-state index contributed by atoms with van der Waals surface area (Å²) in [5, 5.41) is 3.93. The molecule has 0 aliphatic carbocycles.